The lowest BCUT2D eigenvalue weighted by Crippen LogP contribution is -1.86. The van der Waals surface area contributed by atoms with Crippen molar-refractivity contribution in [3.8, 4) is 0 Å². The van der Waals surface area contributed by atoms with Gasteiger partial charge in [-0.15, -0.1) is 0 Å². The van der Waals surface area contributed by atoms with E-state index in [-0.39, 0.29) is 5.82 Å². The van der Waals surface area contributed by atoms with Gasteiger partial charge in [0, 0.05) is 15.2 Å². The van der Waals surface area contributed by atoms with Crippen molar-refractivity contribution < 1.29 is 4.39 Å². The lowest BCUT2D eigenvalue weighted by Gasteiger charge is -2.00. The molecule has 13 heavy (non-hydrogen) atoms. The number of benzene rings is 1. The SMILES string of the molecule is Fc1ccc(Cl)c2cc(I)cnc12. The number of halogens is 3. The van der Waals surface area contributed by atoms with Gasteiger partial charge in [-0.1, -0.05) is 11.6 Å². The average Bonchev–Trinajstić information content (AvgIpc) is 2.12. The van der Waals surface area contributed by atoms with E-state index < -0.39 is 0 Å². The molecule has 2 aromatic rings. The van der Waals surface area contributed by atoms with Gasteiger partial charge < -0.3 is 0 Å². The van der Waals surface area contributed by atoms with Gasteiger partial charge in [-0.2, -0.15) is 0 Å². The second-order valence-corrected chi connectivity index (χ2v) is 4.23. The highest BCUT2D eigenvalue weighted by atomic mass is 127. The van der Waals surface area contributed by atoms with Crippen LogP contribution in [0.2, 0.25) is 5.02 Å². The standard InChI is InChI=1S/C9H4ClFIN/c10-7-1-2-8(11)9-6(7)3-5(12)4-13-9/h1-4H. The minimum atomic E-state index is -0.337. The predicted molar refractivity (Wildman–Crippen MR) is 59.4 cm³/mol. The first-order chi connectivity index (χ1) is 6.18. The quantitative estimate of drug-likeness (QED) is 0.677. The maximum Gasteiger partial charge on any atom is 0.149 e. The van der Waals surface area contributed by atoms with Crippen LogP contribution in [0.15, 0.2) is 24.4 Å². The highest BCUT2D eigenvalue weighted by Gasteiger charge is 2.05. The second kappa shape index (κ2) is 3.38. The molecule has 0 saturated carbocycles. The van der Waals surface area contributed by atoms with E-state index >= 15 is 0 Å². The molecule has 0 unspecified atom stereocenters. The molecule has 0 radical (unpaired) electrons. The molecule has 0 aliphatic carbocycles. The lowest BCUT2D eigenvalue weighted by molar-refractivity contribution is 0.637. The first-order valence-corrected chi connectivity index (χ1v) is 5.03. The zero-order valence-electron chi connectivity index (χ0n) is 6.39. The molecular weight excluding hydrogens is 303 g/mol. The summed E-state index contributed by atoms with van der Waals surface area (Å²) in [5.41, 5.74) is 0.327. The Labute approximate surface area is 93.1 Å². The zero-order chi connectivity index (χ0) is 9.42. The molecular formula is C9H4ClFIN. The van der Waals surface area contributed by atoms with Crippen LogP contribution in [0.3, 0.4) is 0 Å². The molecule has 0 bridgehead atoms. The Bertz CT molecular complexity index is 472. The van der Waals surface area contributed by atoms with Crippen LogP contribution in [-0.2, 0) is 0 Å². The van der Waals surface area contributed by atoms with E-state index in [2.05, 4.69) is 27.6 Å². The molecule has 1 heterocycles. The molecule has 0 fully saturated rings. The summed E-state index contributed by atoms with van der Waals surface area (Å²) < 4.78 is 14.1. The topological polar surface area (TPSA) is 12.9 Å². The Kier molecular flexibility index (Phi) is 2.38. The van der Waals surface area contributed by atoms with Crippen LogP contribution in [0.4, 0.5) is 4.39 Å². The van der Waals surface area contributed by atoms with Gasteiger partial charge >= 0.3 is 0 Å². The Hall–Kier alpha value is -0.420. The molecule has 0 atom stereocenters. The third kappa shape index (κ3) is 1.62. The number of aromatic nitrogens is 1. The summed E-state index contributed by atoms with van der Waals surface area (Å²) in [7, 11) is 0. The van der Waals surface area contributed by atoms with Crippen molar-refractivity contribution >= 4 is 45.1 Å². The smallest absolute Gasteiger partial charge is 0.149 e. The van der Waals surface area contributed by atoms with Crippen LogP contribution in [-0.4, -0.2) is 4.98 Å². The van der Waals surface area contributed by atoms with Gasteiger partial charge in [0.05, 0.1) is 5.02 Å². The highest BCUT2D eigenvalue weighted by Crippen LogP contribution is 2.25. The van der Waals surface area contributed by atoms with Crippen molar-refractivity contribution in [3.05, 3.63) is 38.8 Å². The average molecular weight is 307 g/mol. The van der Waals surface area contributed by atoms with E-state index in [1.165, 1.54) is 12.1 Å². The van der Waals surface area contributed by atoms with Gasteiger partial charge in [0.15, 0.2) is 0 Å². The monoisotopic (exact) mass is 307 g/mol. The fourth-order valence-electron chi connectivity index (χ4n) is 1.13. The zero-order valence-corrected chi connectivity index (χ0v) is 9.30. The first kappa shape index (κ1) is 9.15. The number of rotatable bonds is 0. The number of pyridine rings is 1. The third-order valence-corrected chi connectivity index (χ3v) is 2.63. The summed E-state index contributed by atoms with van der Waals surface area (Å²) >= 11 is 8.00. The van der Waals surface area contributed by atoms with Crippen molar-refractivity contribution in [2.45, 2.75) is 0 Å². The van der Waals surface area contributed by atoms with Crippen LogP contribution in [0, 0.1) is 9.39 Å². The largest absolute Gasteiger partial charge is 0.252 e. The van der Waals surface area contributed by atoms with E-state index in [1.807, 2.05) is 6.07 Å². The summed E-state index contributed by atoms with van der Waals surface area (Å²) in [5.74, 6) is -0.337. The molecule has 1 aromatic carbocycles. The number of fused-ring (bicyclic) bond motifs is 1. The maximum atomic E-state index is 13.2. The Morgan fingerprint density at radius 3 is 2.92 bits per heavy atom. The van der Waals surface area contributed by atoms with Gasteiger partial charge in [-0.05, 0) is 40.8 Å². The second-order valence-electron chi connectivity index (χ2n) is 2.58. The normalized spacial score (nSPS) is 10.7. The predicted octanol–water partition coefficient (Wildman–Crippen LogP) is 3.63. The Balaban J connectivity index is 2.92. The fourth-order valence-corrected chi connectivity index (χ4v) is 1.78. The summed E-state index contributed by atoms with van der Waals surface area (Å²) in [6.07, 6.45) is 1.61. The Morgan fingerprint density at radius 1 is 1.38 bits per heavy atom. The van der Waals surface area contributed by atoms with Crippen molar-refractivity contribution in [2.75, 3.05) is 0 Å². The van der Waals surface area contributed by atoms with Gasteiger partial charge in [-0.25, -0.2) is 4.39 Å². The Morgan fingerprint density at radius 2 is 2.15 bits per heavy atom. The van der Waals surface area contributed by atoms with E-state index in [0.29, 0.717) is 15.9 Å². The minimum absolute atomic E-state index is 0.327. The van der Waals surface area contributed by atoms with Crippen LogP contribution in [0.1, 0.15) is 0 Å². The van der Waals surface area contributed by atoms with E-state index in [0.717, 1.165) is 3.57 Å². The molecule has 2 rings (SSSR count). The number of nitrogens with zero attached hydrogens (tertiary/aromatic N) is 1. The van der Waals surface area contributed by atoms with Crippen molar-refractivity contribution in [1.29, 1.82) is 0 Å². The van der Waals surface area contributed by atoms with Crippen molar-refractivity contribution in [2.24, 2.45) is 0 Å². The molecule has 66 valence electrons. The number of hydrogen-bond donors (Lipinski definition) is 0. The van der Waals surface area contributed by atoms with Gasteiger partial charge in [-0.3, -0.25) is 4.98 Å². The molecule has 1 aromatic heterocycles. The first-order valence-electron chi connectivity index (χ1n) is 3.58. The highest BCUT2D eigenvalue weighted by molar-refractivity contribution is 14.1. The van der Waals surface area contributed by atoms with Crippen LogP contribution >= 0.6 is 34.2 Å². The lowest BCUT2D eigenvalue weighted by atomic mass is 10.2. The number of hydrogen-bond acceptors (Lipinski definition) is 1. The minimum Gasteiger partial charge on any atom is -0.252 e. The molecule has 0 aliphatic rings. The third-order valence-electron chi connectivity index (χ3n) is 1.71. The molecule has 0 aliphatic heterocycles. The van der Waals surface area contributed by atoms with Gasteiger partial charge in [0.1, 0.15) is 11.3 Å². The summed E-state index contributed by atoms with van der Waals surface area (Å²) in [5, 5.41) is 1.19. The molecule has 0 saturated heterocycles. The summed E-state index contributed by atoms with van der Waals surface area (Å²) in [6, 6.07) is 4.68. The molecule has 4 heteroatoms. The maximum absolute atomic E-state index is 13.2. The van der Waals surface area contributed by atoms with Crippen LogP contribution < -0.4 is 0 Å². The van der Waals surface area contributed by atoms with E-state index in [1.54, 1.807) is 6.20 Å². The van der Waals surface area contributed by atoms with E-state index in [9.17, 15) is 4.39 Å². The summed E-state index contributed by atoms with van der Waals surface area (Å²) in [4.78, 5) is 3.97. The fraction of sp³-hybridized carbons (Fsp3) is 0. The van der Waals surface area contributed by atoms with Crippen LogP contribution in [0.25, 0.3) is 10.9 Å². The molecule has 1 nitrogen and oxygen atoms in total. The molecule has 0 amide bonds. The van der Waals surface area contributed by atoms with Crippen molar-refractivity contribution in [3.63, 3.8) is 0 Å². The van der Waals surface area contributed by atoms with Gasteiger partial charge in [0.25, 0.3) is 0 Å². The molecule has 0 spiro atoms. The van der Waals surface area contributed by atoms with Crippen molar-refractivity contribution in [1.82, 2.24) is 4.98 Å². The van der Waals surface area contributed by atoms with E-state index in [4.69, 9.17) is 11.6 Å². The summed E-state index contributed by atoms with van der Waals surface area (Å²) in [6.45, 7) is 0. The van der Waals surface area contributed by atoms with Gasteiger partial charge in [0.2, 0.25) is 0 Å². The molecule has 0 N–H and O–H groups in total. The van der Waals surface area contributed by atoms with Crippen LogP contribution in [0.5, 0.6) is 0 Å².